The van der Waals surface area contributed by atoms with Crippen LogP contribution in [-0.2, 0) is 0 Å². The van der Waals surface area contributed by atoms with E-state index in [0.29, 0.717) is 6.04 Å². The number of hydrogen-bond donors (Lipinski definition) is 1. The highest BCUT2D eigenvalue weighted by atomic mass is 15.2. The van der Waals surface area contributed by atoms with E-state index in [1.165, 1.54) is 32.1 Å². The monoisotopic (exact) mass is 210 g/mol. The molecule has 0 amide bonds. The Balaban J connectivity index is 1.98. The molecule has 2 rings (SSSR count). The SMILES string of the molecule is CC(C)CC(C)N1C2CCC1CC(N)C2. The molecule has 2 nitrogen and oxygen atoms in total. The zero-order valence-electron chi connectivity index (χ0n) is 10.4. The predicted octanol–water partition coefficient (Wildman–Crippen LogP) is 2.38. The summed E-state index contributed by atoms with van der Waals surface area (Å²) in [5.74, 6) is 0.815. The standard InChI is InChI=1S/C13H26N2/c1-9(2)6-10(3)15-12-4-5-13(15)8-11(14)7-12/h9-13H,4-8,14H2,1-3H3. The summed E-state index contributed by atoms with van der Waals surface area (Å²) in [6.45, 7) is 7.06. The lowest BCUT2D eigenvalue weighted by atomic mass is 9.94. The molecule has 0 spiro atoms. The van der Waals surface area contributed by atoms with E-state index in [9.17, 15) is 0 Å². The molecule has 3 unspecified atom stereocenters. The molecule has 0 radical (unpaired) electrons. The van der Waals surface area contributed by atoms with Gasteiger partial charge in [-0.05, 0) is 44.9 Å². The summed E-state index contributed by atoms with van der Waals surface area (Å²) in [5, 5.41) is 0. The lowest BCUT2D eigenvalue weighted by Crippen LogP contribution is -2.51. The Morgan fingerprint density at radius 2 is 1.67 bits per heavy atom. The third-order valence-corrected chi connectivity index (χ3v) is 4.15. The van der Waals surface area contributed by atoms with Crippen LogP contribution in [0.5, 0.6) is 0 Å². The van der Waals surface area contributed by atoms with Gasteiger partial charge in [0.25, 0.3) is 0 Å². The largest absolute Gasteiger partial charge is 0.328 e. The number of nitrogens with zero attached hydrogens (tertiary/aromatic N) is 1. The molecule has 2 saturated heterocycles. The molecule has 0 aromatic rings. The second-order valence-electron chi connectivity index (χ2n) is 6.04. The van der Waals surface area contributed by atoms with Gasteiger partial charge >= 0.3 is 0 Å². The number of hydrogen-bond acceptors (Lipinski definition) is 2. The third kappa shape index (κ3) is 2.36. The van der Waals surface area contributed by atoms with Crippen molar-refractivity contribution in [2.24, 2.45) is 11.7 Å². The molecule has 0 aromatic heterocycles. The van der Waals surface area contributed by atoms with E-state index in [1.54, 1.807) is 0 Å². The van der Waals surface area contributed by atoms with E-state index in [-0.39, 0.29) is 0 Å². The Labute approximate surface area is 94.2 Å². The molecule has 3 atom stereocenters. The number of nitrogens with two attached hydrogens (primary N) is 1. The summed E-state index contributed by atoms with van der Waals surface area (Å²) in [7, 11) is 0. The topological polar surface area (TPSA) is 29.3 Å². The van der Waals surface area contributed by atoms with Gasteiger partial charge in [0.05, 0.1) is 0 Å². The highest BCUT2D eigenvalue weighted by Crippen LogP contribution is 2.37. The summed E-state index contributed by atoms with van der Waals surface area (Å²) in [6.07, 6.45) is 6.59. The molecular formula is C13H26N2. The van der Waals surface area contributed by atoms with Crippen molar-refractivity contribution in [1.82, 2.24) is 4.90 Å². The summed E-state index contributed by atoms with van der Waals surface area (Å²) in [5.41, 5.74) is 6.09. The summed E-state index contributed by atoms with van der Waals surface area (Å²) >= 11 is 0. The van der Waals surface area contributed by atoms with Crippen LogP contribution in [-0.4, -0.2) is 29.1 Å². The van der Waals surface area contributed by atoms with Gasteiger partial charge in [0.15, 0.2) is 0 Å². The van der Waals surface area contributed by atoms with Gasteiger partial charge in [-0.1, -0.05) is 13.8 Å². The van der Waals surface area contributed by atoms with Crippen LogP contribution >= 0.6 is 0 Å². The average molecular weight is 210 g/mol. The van der Waals surface area contributed by atoms with Crippen LogP contribution in [0.2, 0.25) is 0 Å². The Morgan fingerprint density at radius 1 is 1.13 bits per heavy atom. The van der Waals surface area contributed by atoms with Gasteiger partial charge in [-0.3, -0.25) is 4.90 Å². The minimum Gasteiger partial charge on any atom is -0.328 e. The van der Waals surface area contributed by atoms with Gasteiger partial charge in [-0.2, -0.15) is 0 Å². The van der Waals surface area contributed by atoms with Crippen molar-refractivity contribution >= 4 is 0 Å². The smallest absolute Gasteiger partial charge is 0.0116 e. The Bertz CT molecular complexity index is 201. The molecule has 15 heavy (non-hydrogen) atoms. The van der Waals surface area contributed by atoms with Crippen molar-refractivity contribution in [3.05, 3.63) is 0 Å². The quantitative estimate of drug-likeness (QED) is 0.775. The van der Waals surface area contributed by atoms with Crippen LogP contribution in [0.1, 0.15) is 52.9 Å². The minimum absolute atomic E-state index is 0.477. The second-order valence-corrected chi connectivity index (χ2v) is 6.04. The van der Waals surface area contributed by atoms with Crippen molar-refractivity contribution in [1.29, 1.82) is 0 Å². The molecule has 2 heterocycles. The van der Waals surface area contributed by atoms with Crippen molar-refractivity contribution in [3.63, 3.8) is 0 Å². The molecule has 88 valence electrons. The van der Waals surface area contributed by atoms with Crippen LogP contribution in [0.4, 0.5) is 0 Å². The summed E-state index contributed by atoms with van der Waals surface area (Å²) in [6, 6.07) is 2.83. The molecule has 0 aromatic carbocycles. The van der Waals surface area contributed by atoms with Gasteiger partial charge in [-0.15, -0.1) is 0 Å². The Kier molecular flexibility index (Phi) is 3.36. The maximum Gasteiger partial charge on any atom is 0.0116 e. The summed E-state index contributed by atoms with van der Waals surface area (Å²) < 4.78 is 0. The molecular weight excluding hydrogens is 184 g/mol. The molecule has 0 saturated carbocycles. The fourth-order valence-electron chi connectivity index (χ4n) is 3.78. The first kappa shape index (κ1) is 11.4. The molecule has 2 fully saturated rings. The van der Waals surface area contributed by atoms with Gasteiger partial charge in [0.1, 0.15) is 0 Å². The van der Waals surface area contributed by atoms with E-state index in [0.717, 1.165) is 24.0 Å². The Morgan fingerprint density at radius 3 is 2.13 bits per heavy atom. The van der Waals surface area contributed by atoms with Crippen molar-refractivity contribution in [3.8, 4) is 0 Å². The van der Waals surface area contributed by atoms with E-state index >= 15 is 0 Å². The van der Waals surface area contributed by atoms with Crippen LogP contribution in [0.3, 0.4) is 0 Å². The normalized spacial score (nSPS) is 38.6. The fraction of sp³-hybridized carbons (Fsp3) is 1.00. The highest BCUT2D eigenvalue weighted by Gasteiger charge is 2.41. The number of piperidine rings is 1. The zero-order valence-corrected chi connectivity index (χ0v) is 10.4. The van der Waals surface area contributed by atoms with E-state index in [4.69, 9.17) is 5.73 Å². The van der Waals surface area contributed by atoms with Crippen LogP contribution < -0.4 is 5.73 Å². The van der Waals surface area contributed by atoms with E-state index < -0.39 is 0 Å². The molecule has 2 aliphatic heterocycles. The van der Waals surface area contributed by atoms with Gasteiger partial charge in [0, 0.05) is 24.2 Å². The molecule has 2 heteroatoms. The number of fused-ring (bicyclic) bond motifs is 2. The lowest BCUT2D eigenvalue weighted by Gasteiger charge is -2.42. The average Bonchev–Trinajstić information content (AvgIpc) is 2.38. The van der Waals surface area contributed by atoms with E-state index in [2.05, 4.69) is 25.7 Å². The van der Waals surface area contributed by atoms with Crippen LogP contribution in [0, 0.1) is 5.92 Å². The second kappa shape index (κ2) is 4.42. The van der Waals surface area contributed by atoms with E-state index in [1.807, 2.05) is 0 Å². The van der Waals surface area contributed by atoms with Crippen molar-refractivity contribution in [2.75, 3.05) is 0 Å². The first-order valence-corrected chi connectivity index (χ1v) is 6.61. The maximum atomic E-state index is 6.09. The molecule has 2 bridgehead atoms. The summed E-state index contributed by atoms with van der Waals surface area (Å²) in [4.78, 5) is 2.78. The highest BCUT2D eigenvalue weighted by molar-refractivity contribution is 4.98. The first-order chi connectivity index (χ1) is 7.08. The Hall–Kier alpha value is -0.0800. The van der Waals surface area contributed by atoms with Crippen molar-refractivity contribution < 1.29 is 0 Å². The zero-order chi connectivity index (χ0) is 11.0. The minimum atomic E-state index is 0.477. The van der Waals surface area contributed by atoms with Gasteiger partial charge < -0.3 is 5.73 Å². The predicted molar refractivity (Wildman–Crippen MR) is 64.8 cm³/mol. The fourth-order valence-corrected chi connectivity index (χ4v) is 3.78. The van der Waals surface area contributed by atoms with Crippen molar-refractivity contribution in [2.45, 2.75) is 77.0 Å². The lowest BCUT2D eigenvalue weighted by molar-refractivity contribution is 0.0752. The van der Waals surface area contributed by atoms with Gasteiger partial charge in [0.2, 0.25) is 0 Å². The first-order valence-electron chi connectivity index (χ1n) is 6.61. The molecule has 2 aliphatic rings. The molecule has 0 aliphatic carbocycles. The third-order valence-electron chi connectivity index (χ3n) is 4.15. The van der Waals surface area contributed by atoms with Crippen LogP contribution in [0.25, 0.3) is 0 Å². The number of rotatable bonds is 3. The molecule has 2 N–H and O–H groups in total. The van der Waals surface area contributed by atoms with Crippen LogP contribution in [0.15, 0.2) is 0 Å². The van der Waals surface area contributed by atoms with Gasteiger partial charge in [-0.25, -0.2) is 0 Å². The maximum absolute atomic E-state index is 6.09.